The largest absolute Gasteiger partial charge is 0.455 e. The van der Waals surface area contributed by atoms with Crippen molar-refractivity contribution in [2.45, 2.75) is 0 Å². The molecule has 0 spiro atoms. The van der Waals surface area contributed by atoms with Gasteiger partial charge in [-0.25, -0.2) is 15.0 Å². The Bertz CT molecular complexity index is 3260. The van der Waals surface area contributed by atoms with E-state index in [1.165, 1.54) is 27.1 Å². The molecule has 0 saturated heterocycles. The molecule has 0 aliphatic rings. The zero-order valence-electron chi connectivity index (χ0n) is 29.6. The molecule has 0 saturated carbocycles. The summed E-state index contributed by atoms with van der Waals surface area (Å²) in [5.41, 5.74) is 8.77. The third-order valence-electron chi connectivity index (χ3n) is 10.8. The monoisotopic (exact) mass is 701 g/mol. The highest BCUT2D eigenvalue weighted by Gasteiger charge is 2.21. The molecule has 0 amide bonds. The van der Waals surface area contributed by atoms with Gasteiger partial charge in [0.2, 0.25) is 0 Å². The highest BCUT2D eigenvalue weighted by molar-refractivity contribution is 6.10. The third kappa shape index (κ3) is 5.19. The second-order valence-electron chi connectivity index (χ2n) is 13.9. The lowest BCUT2D eigenvalue weighted by atomic mass is 9.90. The molecule has 0 aliphatic carbocycles. The second kappa shape index (κ2) is 12.6. The Kier molecular flexibility index (Phi) is 7.14. The van der Waals surface area contributed by atoms with E-state index in [1.807, 2.05) is 24.3 Å². The predicted molar refractivity (Wildman–Crippen MR) is 227 cm³/mol. The highest BCUT2D eigenvalue weighted by Crippen LogP contribution is 2.42. The van der Waals surface area contributed by atoms with Gasteiger partial charge in [-0.1, -0.05) is 176 Å². The number of aromatic nitrogens is 3. The minimum Gasteiger partial charge on any atom is -0.455 e. The fraction of sp³-hybridized carbons (Fsp3) is 0. The zero-order chi connectivity index (χ0) is 36.3. The standard InChI is InChI=1S/C51H31N3O/c1-4-17-37-32(12-1)15-9-21-38(37)35-26-28-36(29-27-35)49-52-50(45-24-11-23-44-42-20-7-8-25-46(42)55-48(44)45)54-51(53-49)47-40-19-6-3-14-34(40)30-31-43(47)41-22-10-16-33-13-2-5-18-39(33)41/h1-31H. The number of fused-ring (bicyclic) bond motifs is 6. The van der Waals surface area contributed by atoms with Crippen molar-refractivity contribution in [1.29, 1.82) is 0 Å². The lowest BCUT2D eigenvalue weighted by molar-refractivity contribution is 0.669. The minimum absolute atomic E-state index is 0.555. The number of hydrogen-bond donors (Lipinski definition) is 0. The SMILES string of the molecule is c1ccc2c(-c3ccc(-c4nc(-c5c(-c6cccc7ccccc67)ccc6ccccc56)nc(-c5cccc6c5oc5ccccc56)n4)cc3)cccc2c1. The Morgan fingerprint density at radius 2 is 0.800 bits per heavy atom. The van der Waals surface area contributed by atoms with Gasteiger partial charge in [0.1, 0.15) is 11.2 Å². The molecule has 0 atom stereocenters. The van der Waals surface area contributed by atoms with Crippen LogP contribution in [0.25, 0.3) is 111 Å². The van der Waals surface area contributed by atoms with E-state index in [0.29, 0.717) is 17.5 Å². The Hall–Kier alpha value is -7.43. The van der Waals surface area contributed by atoms with E-state index in [-0.39, 0.29) is 0 Å². The lowest BCUT2D eigenvalue weighted by Crippen LogP contribution is -2.02. The summed E-state index contributed by atoms with van der Waals surface area (Å²) in [6.07, 6.45) is 0. The van der Waals surface area contributed by atoms with Gasteiger partial charge in [-0.05, 0) is 66.7 Å². The fourth-order valence-corrected chi connectivity index (χ4v) is 8.13. The number of rotatable bonds is 5. The van der Waals surface area contributed by atoms with Crippen molar-refractivity contribution in [2.24, 2.45) is 0 Å². The van der Waals surface area contributed by atoms with Crippen molar-refractivity contribution < 1.29 is 4.42 Å². The summed E-state index contributed by atoms with van der Waals surface area (Å²) in [5.74, 6) is 1.75. The average molecular weight is 702 g/mol. The molecule has 0 aliphatic heterocycles. The minimum atomic E-state index is 0.555. The Balaban J connectivity index is 1.17. The van der Waals surface area contributed by atoms with E-state index in [4.69, 9.17) is 19.4 Å². The molecule has 9 aromatic carbocycles. The number of furan rings is 1. The molecule has 0 bridgehead atoms. The van der Waals surface area contributed by atoms with Crippen LogP contribution in [0.2, 0.25) is 0 Å². The predicted octanol–water partition coefficient (Wildman–Crippen LogP) is 13.6. The van der Waals surface area contributed by atoms with E-state index in [9.17, 15) is 0 Å². The van der Waals surface area contributed by atoms with Crippen molar-refractivity contribution in [2.75, 3.05) is 0 Å². The average Bonchev–Trinajstić information content (AvgIpc) is 3.64. The lowest BCUT2D eigenvalue weighted by Gasteiger charge is -2.16. The zero-order valence-corrected chi connectivity index (χ0v) is 29.6. The van der Waals surface area contributed by atoms with Crippen molar-refractivity contribution in [3.05, 3.63) is 188 Å². The fourth-order valence-electron chi connectivity index (χ4n) is 8.13. The summed E-state index contributed by atoms with van der Waals surface area (Å²) in [6.45, 7) is 0. The normalized spacial score (nSPS) is 11.6. The first-order valence-corrected chi connectivity index (χ1v) is 18.5. The Labute approximate surface area is 317 Å². The van der Waals surface area contributed by atoms with Crippen LogP contribution in [0.1, 0.15) is 0 Å². The van der Waals surface area contributed by atoms with Crippen molar-refractivity contribution in [3.63, 3.8) is 0 Å². The van der Waals surface area contributed by atoms with E-state index in [1.54, 1.807) is 0 Å². The van der Waals surface area contributed by atoms with E-state index in [2.05, 4.69) is 164 Å². The van der Waals surface area contributed by atoms with E-state index < -0.39 is 0 Å². The number of nitrogens with zero attached hydrogens (tertiary/aromatic N) is 3. The van der Waals surface area contributed by atoms with Crippen molar-refractivity contribution in [1.82, 2.24) is 15.0 Å². The summed E-state index contributed by atoms with van der Waals surface area (Å²) >= 11 is 0. The van der Waals surface area contributed by atoms with Gasteiger partial charge in [0.15, 0.2) is 17.5 Å². The second-order valence-corrected chi connectivity index (χ2v) is 13.9. The molecule has 0 unspecified atom stereocenters. The van der Waals surface area contributed by atoms with E-state index >= 15 is 0 Å². The molecule has 11 rings (SSSR count). The van der Waals surface area contributed by atoms with Crippen LogP contribution in [0.3, 0.4) is 0 Å². The molecule has 0 fully saturated rings. The number of hydrogen-bond acceptors (Lipinski definition) is 4. The summed E-state index contributed by atoms with van der Waals surface area (Å²) in [4.78, 5) is 15.9. The van der Waals surface area contributed by atoms with E-state index in [0.717, 1.165) is 66.1 Å². The third-order valence-corrected chi connectivity index (χ3v) is 10.8. The molecule has 4 nitrogen and oxygen atoms in total. The summed E-state index contributed by atoms with van der Waals surface area (Å²) in [7, 11) is 0. The number of benzene rings is 9. The van der Waals surface area contributed by atoms with Crippen LogP contribution in [0, 0.1) is 0 Å². The van der Waals surface area contributed by atoms with Crippen molar-refractivity contribution in [3.8, 4) is 56.4 Å². The van der Waals surface area contributed by atoms with Gasteiger partial charge in [-0.15, -0.1) is 0 Å². The maximum Gasteiger partial charge on any atom is 0.167 e. The smallest absolute Gasteiger partial charge is 0.167 e. The molecular weight excluding hydrogens is 671 g/mol. The van der Waals surface area contributed by atoms with Crippen LogP contribution in [0.5, 0.6) is 0 Å². The summed E-state index contributed by atoms with van der Waals surface area (Å²) < 4.78 is 6.54. The molecule has 256 valence electrons. The number of para-hydroxylation sites is 2. The van der Waals surface area contributed by atoms with Gasteiger partial charge < -0.3 is 4.42 Å². The molecule has 0 radical (unpaired) electrons. The Morgan fingerprint density at radius 1 is 0.291 bits per heavy atom. The van der Waals surface area contributed by atoms with Crippen LogP contribution >= 0.6 is 0 Å². The summed E-state index contributed by atoms with van der Waals surface area (Å²) in [6, 6.07) is 65.8. The first kappa shape index (κ1) is 31.1. The summed E-state index contributed by atoms with van der Waals surface area (Å²) in [5, 5.41) is 9.06. The molecule has 0 N–H and O–H groups in total. The van der Waals surface area contributed by atoms with Crippen LogP contribution in [0.15, 0.2) is 192 Å². The van der Waals surface area contributed by atoms with Gasteiger partial charge in [0, 0.05) is 21.9 Å². The Morgan fingerprint density at radius 3 is 1.56 bits per heavy atom. The molecule has 2 aromatic heterocycles. The van der Waals surface area contributed by atoms with Gasteiger partial charge >= 0.3 is 0 Å². The van der Waals surface area contributed by atoms with Crippen LogP contribution in [-0.2, 0) is 0 Å². The molecule has 2 heterocycles. The first-order chi connectivity index (χ1) is 27.3. The molecule has 4 heteroatoms. The quantitative estimate of drug-likeness (QED) is 0.179. The molecule has 55 heavy (non-hydrogen) atoms. The van der Waals surface area contributed by atoms with Crippen molar-refractivity contribution >= 4 is 54.3 Å². The van der Waals surface area contributed by atoms with Crippen LogP contribution in [0.4, 0.5) is 0 Å². The van der Waals surface area contributed by atoms with Crippen LogP contribution < -0.4 is 0 Å². The molecule has 11 aromatic rings. The van der Waals surface area contributed by atoms with Gasteiger partial charge in [-0.3, -0.25) is 0 Å². The van der Waals surface area contributed by atoms with Gasteiger partial charge in [0.05, 0.1) is 5.56 Å². The maximum absolute atomic E-state index is 6.54. The topological polar surface area (TPSA) is 51.8 Å². The molecular formula is C51H31N3O. The first-order valence-electron chi connectivity index (χ1n) is 18.5. The maximum atomic E-state index is 6.54. The van der Waals surface area contributed by atoms with Crippen LogP contribution in [-0.4, -0.2) is 15.0 Å². The highest BCUT2D eigenvalue weighted by atomic mass is 16.3. The van der Waals surface area contributed by atoms with Gasteiger partial charge in [-0.2, -0.15) is 0 Å². The van der Waals surface area contributed by atoms with Gasteiger partial charge in [0.25, 0.3) is 0 Å².